The molecular weight excluding hydrogens is 356 g/mol. The molecule has 0 saturated carbocycles. The Morgan fingerprint density at radius 2 is 1.96 bits per heavy atom. The van der Waals surface area contributed by atoms with Crippen LogP contribution in [0, 0.1) is 0 Å². The van der Waals surface area contributed by atoms with Gasteiger partial charge in [0.15, 0.2) is 0 Å². The van der Waals surface area contributed by atoms with Gasteiger partial charge in [0.05, 0.1) is 12.1 Å². The number of aliphatic carboxylic acids is 1. The van der Waals surface area contributed by atoms with E-state index in [4.69, 9.17) is 10.8 Å². The first kappa shape index (κ1) is 20.8. The van der Waals surface area contributed by atoms with Gasteiger partial charge in [-0.2, -0.15) is 0 Å². The van der Waals surface area contributed by atoms with Crippen molar-refractivity contribution in [1.29, 1.82) is 0 Å². The highest BCUT2D eigenvalue weighted by molar-refractivity contribution is 8.01. The van der Waals surface area contributed by atoms with Crippen LogP contribution in [0.15, 0.2) is 0 Å². The molecular formula is C17H30N4O4S. The van der Waals surface area contributed by atoms with Gasteiger partial charge in [0, 0.05) is 18.7 Å². The number of carbonyl (C=O) groups is 3. The smallest absolute Gasteiger partial charge is 0.315 e. The second-order valence-corrected chi connectivity index (χ2v) is 8.31. The number of fused-ring (bicyclic) bond motifs is 1. The summed E-state index contributed by atoms with van der Waals surface area (Å²) in [6, 6.07) is -0.533. The number of carboxylic acid groups (broad SMARTS) is 1. The van der Waals surface area contributed by atoms with E-state index in [1.807, 2.05) is 0 Å². The van der Waals surface area contributed by atoms with Crippen molar-refractivity contribution in [2.75, 3.05) is 18.8 Å². The molecule has 0 bridgehead atoms. The maximum atomic E-state index is 13.0. The van der Waals surface area contributed by atoms with Crippen molar-refractivity contribution in [3.8, 4) is 0 Å². The van der Waals surface area contributed by atoms with Crippen LogP contribution >= 0.6 is 11.8 Å². The number of rotatable bonds is 12. The Morgan fingerprint density at radius 1 is 1.19 bits per heavy atom. The maximum absolute atomic E-state index is 13.0. The summed E-state index contributed by atoms with van der Waals surface area (Å²) < 4.78 is -0.723. The molecule has 0 aromatic heterocycles. The fourth-order valence-corrected chi connectivity index (χ4v) is 5.28. The first-order chi connectivity index (χ1) is 12.5. The molecule has 26 heavy (non-hydrogen) atoms. The van der Waals surface area contributed by atoms with E-state index in [1.165, 1.54) is 0 Å². The summed E-state index contributed by atoms with van der Waals surface area (Å²) in [4.78, 5) is 35.4. The van der Waals surface area contributed by atoms with Crippen molar-refractivity contribution in [2.24, 2.45) is 5.73 Å². The van der Waals surface area contributed by atoms with Gasteiger partial charge in [-0.05, 0) is 32.2 Å². The largest absolute Gasteiger partial charge is 0.481 e. The zero-order chi connectivity index (χ0) is 19.0. The van der Waals surface area contributed by atoms with Gasteiger partial charge in [0.1, 0.15) is 4.75 Å². The Bertz CT molecular complexity index is 519. The lowest BCUT2D eigenvalue weighted by Crippen LogP contribution is -2.56. The summed E-state index contributed by atoms with van der Waals surface area (Å²) in [6.07, 6.45) is 5.83. The van der Waals surface area contributed by atoms with Gasteiger partial charge in [-0.3, -0.25) is 9.59 Å². The Balaban J connectivity index is 1.91. The summed E-state index contributed by atoms with van der Waals surface area (Å²) in [7, 11) is 0. The van der Waals surface area contributed by atoms with Gasteiger partial charge in [-0.15, -0.1) is 11.8 Å². The molecule has 9 heteroatoms. The molecule has 148 valence electrons. The molecule has 8 nitrogen and oxygen atoms in total. The fraction of sp³-hybridized carbons (Fsp3) is 0.824. The SMILES string of the molecule is NCCCCCCNC(=O)[C@@]1(CCCCC(=O)O)SC[C@@H]2NC(=O)N[C@@H]21. The quantitative estimate of drug-likeness (QED) is 0.249. The van der Waals surface area contributed by atoms with Crippen LogP contribution in [0.4, 0.5) is 4.79 Å². The maximum Gasteiger partial charge on any atom is 0.315 e. The summed E-state index contributed by atoms with van der Waals surface area (Å²) in [5, 5.41) is 17.6. The molecule has 2 aliphatic heterocycles. The molecule has 2 rings (SSSR count). The Labute approximate surface area is 158 Å². The average molecular weight is 387 g/mol. The number of carbonyl (C=O) groups excluding carboxylic acids is 2. The topological polar surface area (TPSA) is 134 Å². The summed E-state index contributed by atoms with van der Waals surface area (Å²) in [6.45, 7) is 1.30. The van der Waals surface area contributed by atoms with Crippen LogP contribution in [0.3, 0.4) is 0 Å². The highest BCUT2D eigenvalue weighted by atomic mass is 32.2. The number of nitrogens with two attached hydrogens (primary N) is 1. The minimum atomic E-state index is -0.825. The lowest BCUT2D eigenvalue weighted by Gasteiger charge is -2.32. The number of unbranched alkanes of at least 4 members (excludes halogenated alkanes) is 4. The number of hydrogen-bond donors (Lipinski definition) is 5. The third-order valence-electron chi connectivity index (χ3n) is 5.02. The number of carboxylic acids is 1. The first-order valence-electron chi connectivity index (χ1n) is 9.41. The lowest BCUT2D eigenvalue weighted by atomic mass is 9.88. The van der Waals surface area contributed by atoms with Crippen LogP contribution in [-0.2, 0) is 9.59 Å². The Hall–Kier alpha value is -1.48. The molecule has 0 unspecified atom stereocenters. The number of amides is 3. The summed E-state index contributed by atoms with van der Waals surface area (Å²) in [5.74, 6) is -0.186. The van der Waals surface area contributed by atoms with Crippen molar-refractivity contribution in [1.82, 2.24) is 16.0 Å². The van der Waals surface area contributed by atoms with E-state index in [0.29, 0.717) is 38.1 Å². The second-order valence-electron chi connectivity index (χ2n) is 6.96. The molecule has 0 aromatic rings. The number of urea groups is 1. The zero-order valence-corrected chi connectivity index (χ0v) is 15.9. The third kappa shape index (κ3) is 5.26. The Morgan fingerprint density at radius 3 is 2.69 bits per heavy atom. The molecule has 0 radical (unpaired) electrons. The van der Waals surface area contributed by atoms with Crippen molar-refractivity contribution in [3.63, 3.8) is 0 Å². The minimum Gasteiger partial charge on any atom is -0.481 e. The molecule has 0 aromatic carbocycles. The van der Waals surface area contributed by atoms with Crippen LogP contribution in [0.2, 0.25) is 0 Å². The lowest BCUT2D eigenvalue weighted by molar-refractivity contribution is -0.137. The molecule has 2 saturated heterocycles. The van der Waals surface area contributed by atoms with Crippen LogP contribution in [-0.4, -0.2) is 58.7 Å². The zero-order valence-electron chi connectivity index (χ0n) is 15.1. The number of thioether (sulfide) groups is 1. The number of hydrogen-bond acceptors (Lipinski definition) is 5. The van der Waals surface area contributed by atoms with Gasteiger partial charge >= 0.3 is 12.0 Å². The molecule has 2 heterocycles. The summed E-state index contributed by atoms with van der Waals surface area (Å²) in [5.41, 5.74) is 5.48. The van der Waals surface area contributed by atoms with Crippen molar-refractivity contribution in [3.05, 3.63) is 0 Å². The van der Waals surface area contributed by atoms with E-state index < -0.39 is 10.7 Å². The summed E-state index contributed by atoms with van der Waals surface area (Å²) >= 11 is 1.57. The highest BCUT2D eigenvalue weighted by Gasteiger charge is 2.57. The standard InChI is InChI=1S/C17H30N4O4S/c18-9-5-1-2-6-10-19-15(24)17(8-4-3-7-13(22)23)14-12(11-26-17)20-16(25)21-14/h12,14H,1-11,18H2,(H,19,24)(H,22,23)(H2,20,21,25)/t12-,14-,17-/m0/s1. The first-order valence-corrected chi connectivity index (χ1v) is 10.4. The van der Waals surface area contributed by atoms with Gasteiger partial charge in [-0.1, -0.05) is 19.3 Å². The van der Waals surface area contributed by atoms with Crippen molar-refractivity contribution >= 4 is 29.7 Å². The Kier molecular flexibility index (Phi) is 8.02. The molecule has 0 spiro atoms. The van der Waals surface area contributed by atoms with Gasteiger partial charge in [0.25, 0.3) is 0 Å². The average Bonchev–Trinajstić information content (AvgIpc) is 3.13. The van der Waals surface area contributed by atoms with Crippen molar-refractivity contribution < 1.29 is 19.5 Å². The van der Waals surface area contributed by atoms with E-state index >= 15 is 0 Å². The molecule has 2 aliphatic rings. The minimum absolute atomic E-state index is 0.0480. The molecule has 0 aliphatic carbocycles. The van der Waals surface area contributed by atoms with Gasteiger partial charge in [0.2, 0.25) is 5.91 Å². The van der Waals surface area contributed by atoms with Crippen LogP contribution in [0.1, 0.15) is 51.4 Å². The van der Waals surface area contributed by atoms with Crippen molar-refractivity contribution in [2.45, 2.75) is 68.2 Å². The van der Waals surface area contributed by atoms with E-state index in [9.17, 15) is 14.4 Å². The van der Waals surface area contributed by atoms with Crippen LogP contribution < -0.4 is 21.7 Å². The normalized spacial score (nSPS) is 26.9. The van der Waals surface area contributed by atoms with Crippen LogP contribution in [0.25, 0.3) is 0 Å². The predicted molar refractivity (Wildman–Crippen MR) is 101 cm³/mol. The number of nitrogens with one attached hydrogen (secondary N) is 3. The molecule has 3 amide bonds. The van der Waals surface area contributed by atoms with Gasteiger partial charge in [-0.25, -0.2) is 4.79 Å². The van der Waals surface area contributed by atoms with E-state index in [1.54, 1.807) is 11.8 Å². The fourth-order valence-electron chi connectivity index (χ4n) is 3.63. The van der Waals surface area contributed by atoms with E-state index in [0.717, 1.165) is 25.7 Å². The van der Waals surface area contributed by atoms with Gasteiger partial charge < -0.3 is 26.8 Å². The molecule has 3 atom stereocenters. The second kappa shape index (κ2) is 10.0. The monoisotopic (exact) mass is 386 g/mol. The van der Waals surface area contributed by atoms with Crippen LogP contribution in [0.5, 0.6) is 0 Å². The molecule has 2 fully saturated rings. The predicted octanol–water partition coefficient (Wildman–Crippen LogP) is 0.802. The van der Waals surface area contributed by atoms with E-state index in [-0.39, 0.29) is 30.4 Å². The van der Waals surface area contributed by atoms with E-state index in [2.05, 4.69) is 16.0 Å². The highest BCUT2D eigenvalue weighted by Crippen LogP contribution is 2.44. The third-order valence-corrected chi connectivity index (χ3v) is 6.70. The molecule has 6 N–H and O–H groups in total.